The van der Waals surface area contributed by atoms with Crippen molar-refractivity contribution in [2.45, 2.75) is 0 Å². The van der Waals surface area contributed by atoms with Gasteiger partial charge in [0.25, 0.3) is 5.91 Å². The Morgan fingerprint density at radius 2 is 2.31 bits per heavy atom. The summed E-state index contributed by atoms with van der Waals surface area (Å²) in [6.07, 6.45) is 2.31. The molecule has 3 N–H and O–H groups in total. The summed E-state index contributed by atoms with van der Waals surface area (Å²) in [7, 11) is 0. The fourth-order valence-corrected chi connectivity index (χ4v) is 1.01. The highest BCUT2D eigenvalue weighted by molar-refractivity contribution is 6.05. The van der Waals surface area contributed by atoms with Crippen molar-refractivity contribution in [1.82, 2.24) is 15.3 Å². The molecule has 8 heteroatoms. The van der Waals surface area contributed by atoms with Gasteiger partial charge in [-0.25, -0.2) is 9.02 Å². The van der Waals surface area contributed by atoms with E-state index in [9.17, 15) is 9.18 Å². The van der Waals surface area contributed by atoms with Crippen LogP contribution >= 0.6 is 0 Å². The Balaban J connectivity index is 2.21. The molecule has 0 radical (unpaired) electrons. The zero-order chi connectivity index (χ0) is 11.5. The van der Waals surface area contributed by atoms with E-state index in [0.29, 0.717) is 0 Å². The third-order valence-electron chi connectivity index (χ3n) is 1.75. The van der Waals surface area contributed by atoms with E-state index in [-0.39, 0.29) is 17.2 Å². The molecule has 0 bridgehead atoms. The fraction of sp³-hybridized carbons (Fsp3) is 0. The third kappa shape index (κ3) is 1.80. The lowest BCUT2D eigenvalue weighted by Crippen LogP contribution is -2.15. The smallest absolute Gasteiger partial charge is 0.281 e. The van der Waals surface area contributed by atoms with Gasteiger partial charge >= 0.3 is 0 Å². The van der Waals surface area contributed by atoms with Crippen LogP contribution in [0.5, 0.6) is 0 Å². The van der Waals surface area contributed by atoms with Gasteiger partial charge in [-0.3, -0.25) is 9.78 Å². The summed E-state index contributed by atoms with van der Waals surface area (Å²) in [6, 6.07) is 1.30. The van der Waals surface area contributed by atoms with E-state index in [1.165, 1.54) is 12.3 Å². The molecule has 0 saturated carbocycles. The van der Waals surface area contributed by atoms with E-state index < -0.39 is 11.7 Å². The fourth-order valence-electron chi connectivity index (χ4n) is 1.01. The largest absolute Gasteiger partial charge is 0.379 e. The molecule has 2 heterocycles. The lowest BCUT2D eigenvalue weighted by Gasteiger charge is -2.02. The van der Waals surface area contributed by atoms with Gasteiger partial charge in [0.15, 0.2) is 5.82 Å². The first kappa shape index (κ1) is 10.0. The van der Waals surface area contributed by atoms with Gasteiger partial charge in [-0.1, -0.05) is 0 Å². The van der Waals surface area contributed by atoms with E-state index in [2.05, 4.69) is 25.2 Å². The van der Waals surface area contributed by atoms with Crippen LogP contribution in [0.4, 0.5) is 15.9 Å². The van der Waals surface area contributed by atoms with Gasteiger partial charge in [-0.2, -0.15) is 0 Å². The number of halogens is 1. The lowest BCUT2D eigenvalue weighted by atomic mass is 10.3. The molecule has 0 aliphatic carbocycles. The minimum atomic E-state index is -0.705. The predicted octanol–water partition coefficient (Wildman–Crippen LogP) is 0.438. The second-order valence-electron chi connectivity index (χ2n) is 2.81. The molecule has 7 nitrogen and oxygen atoms in total. The number of nitrogens with zero attached hydrogens (tertiary/aromatic N) is 3. The predicted molar refractivity (Wildman–Crippen MR) is 50.9 cm³/mol. The Morgan fingerprint density at radius 1 is 1.50 bits per heavy atom. The van der Waals surface area contributed by atoms with Crippen molar-refractivity contribution in [2.75, 3.05) is 11.1 Å². The van der Waals surface area contributed by atoms with Crippen molar-refractivity contribution in [3.8, 4) is 0 Å². The molecule has 0 fully saturated rings. The SMILES string of the molecule is Nc1nonc1C(=O)Nc1ccncc1F. The standard InChI is InChI=1S/C8H6FN5O2/c9-4-3-11-2-1-5(4)12-8(15)6-7(10)14-16-13-6/h1-3H,(H2,10,14)(H,11,12,15). The number of anilines is 2. The van der Waals surface area contributed by atoms with E-state index in [0.717, 1.165) is 6.20 Å². The lowest BCUT2D eigenvalue weighted by molar-refractivity contribution is 0.101. The van der Waals surface area contributed by atoms with Crippen LogP contribution in [0.2, 0.25) is 0 Å². The molecule has 0 spiro atoms. The molecule has 0 aliphatic rings. The average Bonchev–Trinajstić information content (AvgIpc) is 2.68. The van der Waals surface area contributed by atoms with E-state index in [1.807, 2.05) is 0 Å². The zero-order valence-electron chi connectivity index (χ0n) is 7.85. The number of aromatic nitrogens is 3. The first-order valence-electron chi connectivity index (χ1n) is 4.17. The van der Waals surface area contributed by atoms with Gasteiger partial charge in [-0.15, -0.1) is 0 Å². The monoisotopic (exact) mass is 223 g/mol. The number of carbonyl (C=O) groups is 1. The van der Waals surface area contributed by atoms with Crippen molar-refractivity contribution in [2.24, 2.45) is 0 Å². The molecule has 0 saturated heterocycles. The number of nitrogens with two attached hydrogens (primary N) is 1. The summed E-state index contributed by atoms with van der Waals surface area (Å²) in [5.41, 5.74) is 5.08. The minimum Gasteiger partial charge on any atom is -0.379 e. The number of hydrogen-bond acceptors (Lipinski definition) is 6. The molecule has 2 rings (SSSR count). The number of hydrogen-bond donors (Lipinski definition) is 2. The van der Waals surface area contributed by atoms with Crippen molar-refractivity contribution in [3.63, 3.8) is 0 Å². The average molecular weight is 223 g/mol. The molecule has 2 aromatic rings. The first-order valence-corrected chi connectivity index (χ1v) is 4.17. The molecule has 0 aromatic carbocycles. The summed E-state index contributed by atoms with van der Waals surface area (Å²) in [6.45, 7) is 0. The number of nitrogens with one attached hydrogen (secondary N) is 1. The van der Waals surface area contributed by atoms with Crippen molar-refractivity contribution >= 4 is 17.4 Å². The van der Waals surface area contributed by atoms with Crippen LogP contribution in [-0.2, 0) is 0 Å². The molecule has 0 atom stereocenters. The minimum absolute atomic E-state index is 0.0256. The molecular formula is C8H6FN5O2. The topological polar surface area (TPSA) is 107 Å². The number of rotatable bonds is 2. The van der Waals surface area contributed by atoms with E-state index >= 15 is 0 Å². The van der Waals surface area contributed by atoms with Crippen molar-refractivity contribution in [3.05, 3.63) is 30.0 Å². The van der Waals surface area contributed by atoms with Crippen LogP contribution in [0.3, 0.4) is 0 Å². The Bertz CT molecular complexity index is 527. The van der Waals surface area contributed by atoms with Crippen LogP contribution in [0.1, 0.15) is 10.5 Å². The van der Waals surface area contributed by atoms with E-state index in [4.69, 9.17) is 5.73 Å². The summed E-state index contributed by atoms with van der Waals surface area (Å²) in [5, 5.41) is 8.76. The van der Waals surface area contributed by atoms with Gasteiger partial charge in [0.2, 0.25) is 11.5 Å². The van der Waals surface area contributed by atoms with Gasteiger partial charge in [0.05, 0.1) is 11.9 Å². The quantitative estimate of drug-likeness (QED) is 0.764. The number of nitrogen functional groups attached to an aromatic ring is 1. The molecule has 0 aliphatic heterocycles. The third-order valence-corrected chi connectivity index (χ3v) is 1.75. The second-order valence-corrected chi connectivity index (χ2v) is 2.81. The van der Waals surface area contributed by atoms with Crippen LogP contribution < -0.4 is 11.1 Å². The normalized spacial score (nSPS) is 10.1. The van der Waals surface area contributed by atoms with Crippen molar-refractivity contribution < 1.29 is 13.8 Å². The van der Waals surface area contributed by atoms with Crippen LogP contribution in [0, 0.1) is 5.82 Å². The summed E-state index contributed by atoms with van der Waals surface area (Å²) >= 11 is 0. The van der Waals surface area contributed by atoms with Gasteiger partial charge < -0.3 is 11.1 Å². The Labute approximate surface area is 88.4 Å². The van der Waals surface area contributed by atoms with E-state index in [1.54, 1.807) is 0 Å². The highest BCUT2D eigenvalue weighted by atomic mass is 19.1. The van der Waals surface area contributed by atoms with Gasteiger partial charge in [0, 0.05) is 6.20 Å². The highest BCUT2D eigenvalue weighted by Gasteiger charge is 2.17. The first-order chi connectivity index (χ1) is 7.68. The van der Waals surface area contributed by atoms with Crippen molar-refractivity contribution in [1.29, 1.82) is 0 Å². The molecule has 0 unspecified atom stereocenters. The molecule has 2 aromatic heterocycles. The summed E-state index contributed by atoms with van der Waals surface area (Å²) in [5.74, 6) is -1.53. The Morgan fingerprint density at radius 3 is 2.94 bits per heavy atom. The maximum absolute atomic E-state index is 13.1. The highest BCUT2D eigenvalue weighted by Crippen LogP contribution is 2.13. The number of carbonyl (C=O) groups excluding carboxylic acids is 1. The Hall–Kier alpha value is -2.51. The second kappa shape index (κ2) is 3.93. The number of pyridine rings is 1. The number of amides is 1. The maximum atomic E-state index is 13.1. The zero-order valence-corrected chi connectivity index (χ0v) is 7.85. The van der Waals surface area contributed by atoms with Crippen LogP contribution in [-0.4, -0.2) is 21.2 Å². The molecular weight excluding hydrogens is 217 g/mol. The van der Waals surface area contributed by atoms with Crippen LogP contribution in [0.15, 0.2) is 23.1 Å². The molecule has 16 heavy (non-hydrogen) atoms. The molecule has 82 valence electrons. The molecule has 1 amide bonds. The van der Waals surface area contributed by atoms with Gasteiger partial charge in [-0.05, 0) is 16.4 Å². The summed E-state index contributed by atoms with van der Waals surface area (Å²) in [4.78, 5) is 15.0. The maximum Gasteiger partial charge on any atom is 0.281 e. The Kier molecular flexibility index (Phi) is 2.46. The van der Waals surface area contributed by atoms with Crippen LogP contribution in [0.25, 0.3) is 0 Å². The van der Waals surface area contributed by atoms with Gasteiger partial charge in [0.1, 0.15) is 0 Å². The summed E-state index contributed by atoms with van der Waals surface area (Å²) < 4.78 is 17.4.